The Labute approximate surface area is 181 Å². The Morgan fingerprint density at radius 2 is 2.00 bits per heavy atom. The smallest absolute Gasteiger partial charge is 0.145 e. The van der Waals surface area contributed by atoms with Gasteiger partial charge in [0.2, 0.25) is 0 Å². The van der Waals surface area contributed by atoms with Gasteiger partial charge in [0.05, 0.1) is 25.0 Å². The summed E-state index contributed by atoms with van der Waals surface area (Å²) in [6.45, 7) is 5.71. The van der Waals surface area contributed by atoms with Crippen LogP contribution in [0.3, 0.4) is 0 Å². The van der Waals surface area contributed by atoms with Crippen LogP contribution in [0.5, 0.6) is 0 Å². The minimum Gasteiger partial charge on any atom is -0.390 e. The van der Waals surface area contributed by atoms with E-state index in [1.807, 2.05) is 24.3 Å². The molecule has 0 fully saturated rings. The molecule has 2 atom stereocenters. The molecule has 0 aromatic heterocycles. The van der Waals surface area contributed by atoms with E-state index in [1.54, 1.807) is 18.2 Å². The molecule has 160 valence electrons. The highest BCUT2D eigenvalue weighted by Gasteiger charge is 2.25. The van der Waals surface area contributed by atoms with E-state index in [0.717, 1.165) is 16.8 Å². The molecule has 0 saturated carbocycles. The molecule has 0 unspecified atom stereocenters. The van der Waals surface area contributed by atoms with Crippen LogP contribution >= 0.6 is 11.6 Å². The number of aliphatic hydroxyl groups excluding tert-OH is 1. The lowest BCUT2D eigenvalue weighted by Gasteiger charge is -2.27. The Balaban J connectivity index is 1.60. The van der Waals surface area contributed by atoms with Crippen LogP contribution in [0.25, 0.3) is 0 Å². The molecule has 0 amide bonds. The number of oxime groups is 1. The fraction of sp³-hybridized carbons (Fsp3) is 0.348. The monoisotopic (exact) mass is 432 g/mol. The Bertz CT molecular complexity index is 843. The second-order valence-corrected chi connectivity index (χ2v) is 7.71. The third kappa shape index (κ3) is 6.92. The Kier molecular flexibility index (Phi) is 8.39. The molecule has 1 heterocycles. The van der Waals surface area contributed by atoms with Gasteiger partial charge >= 0.3 is 0 Å². The third-order valence-electron chi connectivity index (χ3n) is 4.71. The zero-order valence-electron chi connectivity index (χ0n) is 16.7. The van der Waals surface area contributed by atoms with Crippen molar-refractivity contribution in [1.29, 1.82) is 0 Å². The summed E-state index contributed by atoms with van der Waals surface area (Å²) in [7, 11) is 0. The molecule has 1 aliphatic rings. The molecule has 3 rings (SSSR count). The molecule has 0 aliphatic carbocycles. The average Bonchev–Trinajstić information content (AvgIpc) is 3.19. The molecule has 1 N–H and O–H groups in total. The maximum Gasteiger partial charge on any atom is 0.145 e. The van der Waals surface area contributed by atoms with Gasteiger partial charge in [-0.15, -0.1) is 6.58 Å². The molecule has 5 nitrogen and oxygen atoms in total. The van der Waals surface area contributed by atoms with E-state index in [2.05, 4.69) is 16.6 Å². The first kappa shape index (κ1) is 22.4. The summed E-state index contributed by atoms with van der Waals surface area (Å²) < 4.78 is 18.6. The van der Waals surface area contributed by atoms with Gasteiger partial charge in [0, 0.05) is 31.1 Å². The second kappa shape index (κ2) is 11.2. The number of ether oxygens (including phenoxy) is 1. The highest BCUT2D eigenvalue weighted by Crippen LogP contribution is 2.20. The van der Waals surface area contributed by atoms with Crippen LogP contribution in [0.4, 0.5) is 4.39 Å². The van der Waals surface area contributed by atoms with E-state index in [9.17, 15) is 9.50 Å². The molecule has 1 aliphatic heterocycles. The van der Waals surface area contributed by atoms with Gasteiger partial charge in [0.1, 0.15) is 11.9 Å². The van der Waals surface area contributed by atoms with Crippen molar-refractivity contribution in [3.63, 3.8) is 0 Å². The minimum atomic E-state index is -0.663. The van der Waals surface area contributed by atoms with Gasteiger partial charge in [-0.1, -0.05) is 47.1 Å². The maximum absolute atomic E-state index is 13.2. The van der Waals surface area contributed by atoms with Crippen molar-refractivity contribution >= 4 is 17.3 Å². The zero-order chi connectivity index (χ0) is 21.3. The average molecular weight is 433 g/mol. The standard InChI is InChI=1S/C23H26ClFN2O3/c1-2-11-29-16-21(28)14-27(13-17-3-9-20(25)10-4-17)15-22-12-23(26-30-22)18-5-7-19(24)8-6-18/h2-10,21-22,28H,1,11-16H2/t21-,22+/m0/s1. The van der Waals surface area contributed by atoms with Crippen LogP contribution in [0, 0.1) is 5.82 Å². The van der Waals surface area contributed by atoms with Crippen LogP contribution in [-0.4, -0.2) is 54.2 Å². The lowest BCUT2D eigenvalue weighted by Crippen LogP contribution is -2.39. The number of benzene rings is 2. The maximum atomic E-state index is 13.2. The van der Waals surface area contributed by atoms with Crippen LogP contribution in [-0.2, 0) is 16.1 Å². The summed E-state index contributed by atoms with van der Waals surface area (Å²) in [5, 5.41) is 15.3. The second-order valence-electron chi connectivity index (χ2n) is 7.28. The van der Waals surface area contributed by atoms with Gasteiger partial charge in [-0.25, -0.2) is 4.39 Å². The van der Waals surface area contributed by atoms with Crippen LogP contribution in [0.2, 0.25) is 5.02 Å². The van der Waals surface area contributed by atoms with E-state index in [4.69, 9.17) is 21.2 Å². The van der Waals surface area contributed by atoms with Gasteiger partial charge < -0.3 is 14.7 Å². The highest BCUT2D eigenvalue weighted by molar-refractivity contribution is 6.30. The van der Waals surface area contributed by atoms with Crippen LogP contribution < -0.4 is 0 Å². The molecule has 2 aromatic rings. The summed E-state index contributed by atoms with van der Waals surface area (Å²) in [4.78, 5) is 7.71. The molecule has 2 aromatic carbocycles. The Morgan fingerprint density at radius 1 is 1.27 bits per heavy atom. The van der Waals surface area contributed by atoms with Crippen molar-refractivity contribution < 1.29 is 19.1 Å². The fourth-order valence-electron chi connectivity index (χ4n) is 3.32. The molecule has 30 heavy (non-hydrogen) atoms. The lowest BCUT2D eigenvalue weighted by molar-refractivity contribution is 0.00335. The predicted octanol–water partition coefficient (Wildman–Crippen LogP) is 4.04. The number of hydrogen-bond acceptors (Lipinski definition) is 5. The molecule has 0 bridgehead atoms. The molecule has 0 radical (unpaired) electrons. The molecular weight excluding hydrogens is 407 g/mol. The van der Waals surface area contributed by atoms with E-state index in [-0.39, 0.29) is 18.5 Å². The number of rotatable bonds is 11. The fourth-order valence-corrected chi connectivity index (χ4v) is 3.44. The molecule has 0 spiro atoms. The van der Waals surface area contributed by atoms with Crippen molar-refractivity contribution in [2.45, 2.75) is 25.2 Å². The van der Waals surface area contributed by atoms with E-state index < -0.39 is 6.10 Å². The van der Waals surface area contributed by atoms with Gasteiger partial charge in [0.25, 0.3) is 0 Å². The molecule has 7 heteroatoms. The predicted molar refractivity (Wildman–Crippen MR) is 116 cm³/mol. The van der Waals surface area contributed by atoms with Crippen molar-refractivity contribution in [3.8, 4) is 0 Å². The van der Waals surface area contributed by atoms with Crippen LogP contribution in [0.15, 0.2) is 66.3 Å². The first-order valence-corrected chi connectivity index (χ1v) is 10.2. The van der Waals surface area contributed by atoms with Gasteiger partial charge in [-0.3, -0.25) is 4.90 Å². The number of halogens is 2. The topological polar surface area (TPSA) is 54.3 Å². The van der Waals surface area contributed by atoms with Gasteiger partial charge in [0.15, 0.2) is 0 Å². The van der Waals surface area contributed by atoms with E-state index in [1.165, 1.54) is 12.1 Å². The largest absolute Gasteiger partial charge is 0.390 e. The quantitative estimate of drug-likeness (QED) is 0.430. The zero-order valence-corrected chi connectivity index (χ0v) is 17.5. The third-order valence-corrected chi connectivity index (χ3v) is 4.96. The number of hydrogen-bond donors (Lipinski definition) is 1. The normalized spacial score (nSPS) is 16.9. The molecular formula is C23H26ClFN2O3. The molecule has 0 saturated heterocycles. The lowest BCUT2D eigenvalue weighted by atomic mass is 10.0. The number of aliphatic hydroxyl groups is 1. The van der Waals surface area contributed by atoms with Crippen molar-refractivity contribution in [1.82, 2.24) is 4.90 Å². The summed E-state index contributed by atoms with van der Waals surface area (Å²) in [5.74, 6) is -0.275. The van der Waals surface area contributed by atoms with Crippen molar-refractivity contribution in [3.05, 3.63) is 83.2 Å². The first-order chi connectivity index (χ1) is 14.5. The van der Waals surface area contributed by atoms with Crippen LogP contribution in [0.1, 0.15) is 17.5 Å². The summed E-state index contributed by atoms with van der Waals surface area (Å²) in [5.41, 5.74) is 2.80. The summed E-state index contributed by atoms with van der Waals surface area (Å²) in [6.07, 6.45) is 1.50. The summed E-state index contributed by atoms with van der Waals surface area (Å²) >= 11 is 5.96. The Morgan fingerprint density at radius 3 is 2.70 bits per heavy atom. The van der Waals surface area contributed by atoms with Gasteiger partial charge in [-0.05, 0) is 35.4 Å². The Hall–Kier alpha value is -2.25. The van der Waals surface area contributed by atoms with E-state index >= 15 is 0 Å². The summed E-state index contributed by atoms with van der Waals surface area (Å²) in [6, 6.07) is 13.9. The minimum absolute atomic E-state index is 0.141. The highest BCUT2D eigenvalue weighted by atomic mass is 35.5. The van der Waals surface area contributed by atoms with Gasteiger partial charge in [-0.2, -0.15) is 0 Å². The SMILES string of the molecule is C=CCOC[C@@H](O)CN(Cc1ccc(F)cc1)C[C@H]1CC(c2ccc(Cl)cc2)=NO1. The van der Waals surface area contributed by atoms with Crippen molar-refractivity contribution in [2.24, 2.45) is 5.16 Å². The van der Waals surface area contributed by atoms with Crippen molar-refractivity contribution in [2.75, 3.05) is 26.3 Å². The van der Waals surface area contributed by atoms with E-state index in [0.29, 0.717) is 37.7 Å². The number of nitrogens with zero attached hydrogens (tertiary/aromatic N) is 2. The first-order valence-electron chi connectivity index (χ1n) is 9.85.